The first-order valence-electron chi connectivity index (χ1n) is 6.00. The number of nitrogens with one attached hydrogen (secondary N) is 1. The van der Waals surface area contributed by atoms with Crippen LogP contribution in [-0.2, 0) is 13.5 Å². The van der Waals surface area contributed by atoms with Crippen LogP contribution in [-0.4, -0.2) is 22.5 Å². The van der Waals surface area contributed by atoms with Gasteiger partial charge in [-0.05, 0) is 12.1 Å². The molecule has 1 N–H and O–H groups in total. The standard InChI is InChI=1S/C13H14F3N3O/c1-19-9-8-18-12(19)6-7-17-10-4-2-3-5-11(10)20-13(14,15)16/h2-5,8-9,17H,6-7H2,1H3. The summed E-state index contributed by atoms with van der Waals surface area (Å²) in [6.45, 7) is 0.461. The summed E-state index contributed by atoms with van der Waals surface area (Å²) >= 11 is 0. The summed E-state index contributed by atoms with van der Waals surface area (Å²) in [6, 6.07) is 5.95. The number of benzene rings is 1. The lowest BCUT2D eigenvalue weighted by Gasteiger charge is -2.14. The molecule has 7 heteroatoms. The van der Waals surface area contributed by atoms with E-state index in [4.69, 9.17) is 0 Å². The number of rotatable bonds is 5. The van der Waals surface area contributed by atoms with E-state index >= 15 is 0 Å². The maximum absolute atomic E-state index is 12.3. The number of aryl methyl sites for hydroxylation is 1. The predicted molar refractivity (Wildman–Crippen MR) is 68.5 cm³/mol. The molecule has 1 aromatic carbocycles. The lowest BCUT2D eigenvalue weighted by atomic mass is 10.3. The number of hydrogen-bond acceptors (Lipinski definition) is 3. The number of hydrogen-bond donors (Lipinski definition) is 1. The Morgan fingerprint density at radius 1 is 1.30 bits per heavy atom. The fourth-order valence-corrected chi connectivity index (χ4v) is 1.77. The predicted octanol–water partition coefficient (Wildman–Crippen LogP) is 2.97. The molecular formula is C13H14F3N3O. The van der Waals surface area contributed by atoms with E-state index in [0.717, 1.165) is 5.82 Å². The van der Waals surface area contributed by atoms with Crippen LogP contribution in [0.2, 0.25) is 0 Å². The molecule has 0 saturated heterocycles. The van der Waals surface area contributed by atoms with Crippen molar-refractivity contribution in [2.45, 2.75) is 12.8 Å². The largest absolute Gasteiger partial charge is 0.573 e. The highest BCUT2D eigenvalue weighted by Gasteiger charge is 2.32. The number of aromatic nitrogens is 2. The Bertz CT molecular complexity index is 566. The Labute approximate surface area is 114 Å². The minimum atomic E-state index is -4.70. The molecule has 0 radical (unpaired) electrons. The van der Waals surface area contributed by atoms with Crippen molar-refractivity contribution in [3.8, 4) is 5.75 Å². The average molecular weight is 285 g/mol. The summed E-state index contributed by atoms with van der Waals surface area (Å²) in [7, 11) is 1.86. The highest BCUT2D eigenvalue weighted by molar-refractivity contribution is 5.56. The minimum absolute atomic E-state index is 0.236. The maximum atomic E-state index is 12.3. The molecule has 2 rings (SSSR count). The van der Waals surface area contributed by atoms with Gasteiger partial charge in [-0.1, -0.05) is 12.1 Å². The lowest BCUT2D eigenvalue weighted by molar-refractivity contribution is -0.274. The van der Waals surface area contributed by atoms with Crippen LogP contribution in [0.5, 0.6) is 5.75 Å². The van der Waals surface area contributed by atoms with Gasteiger partial charge in [0, 0.05) is 32.4 Å². The molecule has 0 aliphatic rings. The molecule has 20 heavy (non-hydrogen) atoms. The number of anilines is 1. The van der Waals surface area contributed by atoms with Crippen molar-refractivity contribution in [3.05, 3.63) is 42.5 Å². The van der Waals surface area contributed by atoms with Gasteiger partial charge in [0.15, 0.2) is 5.75 Å². The maximum Gasteiger partial charge on any atom is 0.573 e. The van der Waals surface area contributed by atoms with Crippen LogP contribution in [0.4, 0.5) is 18.9 Å². The van der Waals surface area contributed by atoms with Crippen molar-refractivity contribution in [1.82, 2.24) is 9.55 Å². The first-order chi connectivity index (χ1) is 9.46. The topological polar surface area (TPSA) is 39.1 Å². The zero-order valence-electron chi connectivity index (χ0n) is 10.8. The van der Waals surface area contributed by atoms with Crippen LogP contribution >= 0.6 is 0 Å². The van der Waals surface area contributed by atoms with Crippen molar-refractivity contribution < 1.29 is 17.9 Å². The molecular weight excluding hydrogens is 271 g/mol. The molecule has 0 amide bonds. The van der Waals surface area contributed by atoms with E-state index in [1.165, 1.54) is 12.1 Å². The van der Waals surface area contributed by atoms with Gasteiger partial charge in [-0.15, -0.1) is 13.2 Å². The molecule has 0 atom stereocenters. The van der Waals surface area contributed by atoms with Crippen molar-refractivity contribution in [3.63, 3.8) is 0 Å². The van der Waals surface area contributed by atoms with Gasteiger partial charge in [-0.2, -0.15) is 0 Å². The molecule has 0 fully saturated rings. The average Bonchev–Trinajstić information content (AvgIpc) is 2.75. The van der Waals surface area contributed by atoms with E-state index in [1.54, 1.807) is 18.3 Å². The summed E-state index contributed by atoms with van der Waals surface area (Å²) in [4.78, 5) is 4.14. The highest BCUT2D eigenvalue weighted by Crippen LogP contribution is 2.29. The summed E-state index contributed by atoms with van der Waals surface area (Å²) in [5, 5.41) is 2.92. The molecule has 0 aliphatic heterocycles. The molecule has 0 spiro atoms. The van der Waals surface area contributed by atoms with E-state index in [-0.39, 0.29) is 5.75 Å². The number of alkyl halides is 3. The monoisotopic (exact) mass is 285 g/mol. The van der Waals surface area contributed by atoms with Crippen LogP contribution in [0, 0.1) is 0 Å². The second-order valence-electron chi connectivity index (χ2n) is 4.18. The van der Waals surface area contributed by atoms with Crippen molar-refractivity contribution >= 4 is 5.69 Å². The molecule has 108 valence electrons. The van der Waals surface area contributed by atoms with E-state index in [0.29, 0.717) is 18.7 Å². The van der Waals surface area contributed by atoms with Crippen molar-refractivity contribution in [2.75, 3.05) is 11.9 Å². The third-order valence-corrected chi connectivity index (χ3v) is 2.70. The Hall–Kier alpha value is -2.18. The Kier molecular flexibility index (Phi) is 4.16. The van der Waals surface area contributed by atoms with Gasteiger partial charge >= 0.3 is 6.36 Å². The first-order valence-corrected chi connectivity index (χ1v) is 6.00. The van der Waals surface area contributed by atoms with Crippen LogP contribution in [0.25, 0.3) is 0 Å². The zero-order chi connectivity index (χ0) is 14.6. The van der Waals surface area contributed by atoms with Crippen LogP contribution in [0.15, 0.2) is 36.7 Å². The van der Waals surface area contributed by atoms with E-state index in [1.807, 2.05) is 17.8 Å². The number of para-hydroxylation sites is 2. The summed E-state index contributed by atoms with van der Waals surface area (Å²) in [5.41, 5.74) is 0.305. The Morgan fingerprint density at radius 3 is 2.70 bits per heavy atom. The van der Waals surface area contributed by atoms with Gasteiger partial charge < -0.3 is 14.6 Å². The van der Waals surface area contributed by atoms with Gasteiger partial charge in [-0.3, -0.25) is 0 Å². The third kappa shape index (κ3) is 3.91. The molecule has 0 unspecified atom stereocenters. The fraction of sp³-hybridized carbons (Fsp3) is 0.308. The van der Waals surface area contributed by atoms with Crippen molar-refractivity contribution in [1.29, 1.82) is 0 Å². The highest BCUT2D eigenvalue weighted by atomic mass is 19.4. The minimum Gasteiger partial charge on any atom is -0.404 e. The van der Waals surface area contributed by atoms with Crippen molar-refractivity contribution in [2.24, 2.45) is 7.05 Å². The Morgan fingerprint density at radius 2 is 2.05 bits per heavy atom. The SMILES string of the molecule is Cn1ccnc1CCNc1ccccc1OC(F)(F)F. The van der Waals surface area contributed by atoms with Crippen LogP contribution < -0.4 is 10.1 Å². The summed E-state index contributed by atoms with van der Waals surface area (Å²) < 4.78 is 42.6. The molecule has 0 aliphatic carbocycles. The number of ether oxygens (including phenoxy) is 1. The lowest BCUT2D eigenvalue weighted by Crippen LogP contribution is -2.18. The van der Waals surface area contributed by atoms with Gasteiger partial charge in [-0.25, -0.2) is 4.98 Å². The van der Waals surface area contributed by atoms with Gasteiger partial charge in [0.05, 0.1) is 5.69 Å². The van der Waals surface area contributed by atoms with E-state index < -0.39 is 6.36 Å². The van der Waals surface area contributed by atoms with Gasteiger partial charge in [0.25, 0.3) is 0 Å². The molecule has 1 heterocycles. The smallest absolute Gasteiger partial charge is 0.404 e. The van der Waals surface area contributed by atoms with Gasteiger partial charge in [0.1, 0.15) is 5.82 Å². The number of imidazole rings is 1. The molecule has 2 aromatic rings. The molecule has 4 nitrogen and oxygen atoms in total. The summed E-state index contributed by atoms with van der Waals surface area (Å²) in [5.74, 6) is 0.617. The zero-order valence-corrected chi connectivity index (χ0v) is 10.8. The third-order valence-electron chi connectivity index (χ3n) is 2.70. The Balaban J connectivity index is 1.97. The normalized spacial score (nSPS) is 11.4. The second kappa shape index (κ2) is 5.85. The van der Waals surface area contributed by atoms with Gasteiger partial charge in [0.2, 0.25) is 0 Å². The van der Waals surface area contributed by atoms with Crippen LogP contribution in [0.3, 0.4) is 0 Å². The van der Waals surface area contributed by atoms with E-state index in [2.05, 4.69) is 15.0 Å². The molecule has 0 bridgehead atoms. The second-order valence-corrected chi connectivity index (χ2v) is 4.18. The fourth-order valence-electron chi connectivity index (χ4n) is 1.77. The van der Waals surface area contributed by atoms with E-state index in [9.17, 15) is 13.2 Å². The quantitative estimate of drug-likeness (QED) is 0.918. The molecule has 1 aromatic heterocycles. The van der Waals surface area contributed by atoms with Crippen LogP contribution in [0.1, 0.15) is 5.82 Å². The number of halogens is 3. The molecule has 0 saturated carbocycles. The summed E-state index contributed by atoms with van der Waals surface area (Å²) in [6.07, 6.45) is -0.604. The first kappa shape index (κ1) is 14.2. The number of nitrogens with zero attached hydrogens (tertiary/aromatic N) is 2.